The lowest BCUT2D eigenvalue weighted by Gasteiger charge is -2.38. The Balaban J connectivity index is 1.39. The van der Waals surface area contributed by atoms with Crippen molar-refractivity contribution >= 4 is 11.0 Å². The minimum atomic E-state index is 0.228. The number of aromatic nitrogens is 3. The van der Waals surface area contributed by atoms with E-state index in [2.05, 4.69) is 45.8 Å². The number of hydrogen-bond acceptors (Lipinski definition) is 5. The molecule has 0 unspecified atom stereocenters. The number of aryl methyl sites for hydroxylation is 3. The first-order valence-corrected chi connectivity index (χ1v) is 10.7. The molecule has 1 aromatic carbocycles. The highest BCUT2D eigenvalue weighted by Crippen LogP contribution is 2.44. The summed E-state index contributed by atoms with van der Waals surface area (Å²) in [7, 11) is 1.86. The van der Waals surface area contributed by atoms with Crippen molar-refractivity contribution in [1.29, 1.82) is 0 Å². The van der Waals surface area contributed by atoms with Gasteiger partial charge in [0.05, 0.1) is 28.9 Å². The smallest absolute Gasteiger partial charge is 0.138 e. The first-order valence-electron chi connectivity index (χ1n) is 10.7. The van der Waals surface area contributed by atoms with Crippen LogP contribution in [0.15, 0.2) is 28.8 Å². The molecule has 1 aliphatic heterocycles. The van der Waals surface area contributed by atoms with Crippen molar-refractivity contribution in [2.45, 2.75) is 52.3 Å². The third-order valence-corrected chi connectivity index (χ3v) is 7.13. The number of benzene rings is 1. The van der Waals surface area contributed by atoms with Crippen LogP contribution in [-0.4, -0.2) is 45.9 Å². The van der Waals surface area contributed by atoms with Crippen LogP contribution in [-0.2, 0) is 11.3 Å². The van der Waals surface area contributed by atoms with Gasteiger partial charge in [0.25, 0.3) is 0 Å². The summed E-state index contributed by atoms with van der Waals surface area (Å²) in [5.74, 6) is 3.41. The number of ether oxygens (including phenoxy) is 1. The molecule has 29 heavy (non-hydrogen) atoms. The molecule has 6 nitrogen and oxygen atoms in total. The Morgan fingerprint density at radius 3 is 2.59 bits per heavy atom. The fraction of sp³-hybridized carbons (Fsp3) is 0.565. The summed E-state index contributed by atoms with van der Waals surface area (Å²) in [5, 5.41) is 4.13. The van der Waals surface area contributed by atoms with Crippen LogP contribution in [0.5, 0.6) is 0 Å². The molecule has 0 radical (unpaired) electrons. The van der Waals surface area contributed by atoms with Gasteiger partial charge in [-0.25, -0.2) is 4.98 Å². The standard InChI is InChI=1S/C23H30N4O2/c1-14-19(15(2)29-25-14)13-26-11-17-9-22(23(28-4)10-18(17)12-26)27-16(3)24-20-7-5-6-8-21(20)27/h5-8,17-18,22-23H,9-13H2,1-4H3/t17-,18+,22-,23-/m0/s1. The second-order valence-electron chi connectivity index (χ2n) is 8.85. The zero-order valence-corrected chi connectivity index (χ0v) is 17.8. The van der Waals surface area contributed by atoms with Gasteiger partial charge in [0.2, 0.25) is 0 Å². The molecule has 1 saturated heterocycles. The van der Waals surface area contributed by atoms with Crippen LogP contribution in [0.2, 0.25) is 0 Å². The summed E-state index contributed by atoms with van der Waals surface area (Å²) in [5.41, 5.74) is 4.57. The predicted molar refractivity (Wildman–Crippen MR) is 112 cm³/mol. The maximum Gasteiger partial charge on any atom is 0.138 e. The van der Waals surface area contributed by atoms with Crippen molar-refractivity contribution in [1.82, 2.24) is 19.6 Å². The van der Waals surface area contributed by atoms with Crippen LogP contribution in [0.3, 0.4) is 0 Å². The average molecular weight is 395 g/mol. The number of hydrogen-bond donors (Lipinski definition) is 0. The molecule has 2 aromatic heterocycles. The first kappa shape index (κ1) is 18.8. The lowest BCUT2D eigenvalue weighted by molar-refractivity contribution is -0.0000730. The predicted octanol–water partition coefficient (Wildman–Crippen LogP) is 4.05. The first-order chi connectivity index (χ1) is 14.0. The van der Waals surface area contributed by atoms with Gasteiger partial charge < -0.3 is 13.8 Å². The molecular formula is C23H30N4O2. The maximum atomic E-state index is 6.03. The quantitative estimate of drug-likeness (QED) is 0.668. The largest absolute Gasteiger partial charge is 0.379 e. The van der Waals surface area contributed by atoms with Crippen molar-refractivity contribution in [2.24, 2.45) is 11.8 Å². The summed E-state index contributed by atoms with van der Waals surface area (Å²) in [6, 6.07) is 8.80. The Morgan fingerprint density at radius 2 is 1.86 bits per heavy atom. The topological polar surface area (TPSA) is 56.3 Å². The van der Waals surface area contributed by atoms with Crippen molar-refractivity contribution in [3.05, 3.63) is 47.1 Å². The normalized spacial score (nSPS) is 27.6. The zero-order valence-electron chi connectivity index (χ0n) is 17.8. The Hall–Kier alpha value is -2.18. The molecular weight excluding hydrogens is 364 g/mol. The molecule has 0 bridgehead atoms. The van der Waals surface area contributed by atoms with Gasteiger partial charge in [0, 0.05) is 32.3 Å². The highest BCUT2D eigenvalue weighted by atomic mass is 16.5. The molecule has 154 valence electrons. The van der Waals surface area contributed by atoms with E-state index in [9.17, 15) is 0 Å². The maximum absolute atomic E-state index is 6.03. The summed E-state index contributed by atoms with van der Waals surface area (Å²) in [6.07, 6.45) is 2.48. The SMILES string of the molecule is CO[C@H]1C[C@@H]2CN(Cc3c(C)noc3C)C[C@@H]2C[C@@H]1n1c(C)nc2ccccc21. The molecule has 1 saturated carbocycles. The molecule has 2 fully saturated rings. The molecule has 1 aliphatic carbocycles. The number of fused-ring (bicyclic) bond motifs is 2. The second-order valence-corrected chi connectivity index (χ2v) is 8.85. The number of rotatable bonds is 4. The van der Waals surface area contributed by atoms with Crippen molar-refractivity contribution in [3.63, 3.8) is 0 Å². The number of methoxy groups -OCH3 is 1. The van der Waals surface area contributed by atoms with Crippen LogP contribution in [0, 0.1) is 32.6 Å². The Labute approximate surface area is 171 Å². The lowest BCUT2D eigenvalue weighted by Crippen LogP contribution is -2.37. The van der Waals surface area contributed by atoms with Gasteiger partial charge in [-0.3, -0.25) is 4.90 Å². The number of nitrogens with zero attached hydrogens (tertiary/aromatic N) is 4. The highest BCUT2D eigenvalue weighted by molar-refractivity contribution is 5.76. The van der Waals surface area contributed by atoms with Crippen LogP contribution in [0.25, 0.3) is 11.0 Å². The molecule has 6 heteroatoms. The van der Waals surface area contributed by atoms with E-state index in [1.54, 1.807) is 0 Å². The third-order valence-electron chi connectivity index (χ3n) is 7.13. The van der Waals surface area contributed by atoms with E-state index < -0.39 is 0 Å². The molecule has 2 aliphatic rings. The average Bonchev–Trinajstić information content (AvgIpc) is 3.36. The van der Waals surface area contributed by atoms with Gasteiger partial charge in [-0.05, 0) is 57.6 Å². The molecule has 4 atom stereocenters. The Bertz CT molecular complexity index is 1000. The van der Waals surface area contributed by atoms with E-state index in [4.69, 9.17) is 14.2 Å². The van der Waals surface area contributed by atoms with Crippen molar-refractivity contribution in [2.75, 3.05) is 20.2 Å². The minimum absolute atomic E-state index is 0.228. The van der Waals surface area contributed by atoms with Crippen LogP contribution in [0.4, 0.5) is 0 Å². The Morgan fingerprint density at radius 1 is 1.10 bits per heavy atom. The zero-order chi connectivity index (χ0) is 20.1. The third kappa shape index (κ3) is 3.19. The number of likely N-dealkylation sites (tertiary alicyclic amines) is 1. The van der Waals surface area contributed by atoms with Gasteiger partial charge in [0.15, 0.2) is 0 Å². The van der Waals surface area contributed by atoms with E-state index >= 15 is 0 Å². The molecule has 0 N–H and O–H groups in total. The lowest BCUT2D eigenvalue weighted by atomic mass is 9.77. The van der Waals surface area contributed by atoms with Gasteiger partial charge in [-0.15, -0.1) is 0 Å². The molecule has 0 spiro atoms. The summed E-state index contributed by atoms with van der Waals surface area (Å²) in [6.45, 7) is 9.38. The van der Waals surface area contributed by atoms with Gasteiger partial charge >= 0.3 is 0 Å². The minimum Gasteiger partial charge on any atom is -0.379 e. The highest BCUT2D eigenvalue weighted by Gasteiger charge is 2.43. The summed E-state index contributed by atoms with van der Waals surface area (Å²) >= 11 is 0. The fourth-order valence-electron chi connectivity index (χ4n) is 5.68. The van der Waals surface area contributed by atoms with E-state index in [1.165, 1.54) is 11.1 Å². The van der Waals surface area contributed by atoms with Gasteiger partial charge in [0.1, 0.15) is 11.6 Å². The molecule has 3 aromatic rings. The molecule has 5 rings (SSSR count). The monoisotopic (exact) mass is 394 g/mol. The van der Waals surface area contributed by atoms with E-state index in [0.29, 0.717) is 17.9 Å². The number of imidazole rings is 1. The summed E-state index contributed by atoms with van der Waals surface area (Å²) in [4.78, 5) is 7.39. The van der Waals surface area contributed by atoms with Gasteiger partial charge in [-0.2, -0.15) is 0 Å². The van der Waals surface area contributed by atoms with Crippen LogP contribution in [0.1, 0.15) is 41.7 Å². The van der Waals surface area contributed by atoms with E-state index in [1.807, 2.05) is 21.0 Å². The Kier molecular flexibility index (Phi) is 4.71. The van der Waals surface area contributed by atoms with Crippen molar-refractivity contribution < 1.29 is 9.26 Å². The van der Waals surface area contributed by atoms with Crippen LogP contribution < -0.4 is 0 Å². The molecule has 0 amide bonds. The number of para-hydroxylation sites is 2. The second kappa shape index (κ2) is 7.26. The summed E-state index contributed by atoms with van der Waals surface area (Å²) < 4.78 is 13.8. The molecule has 3 heterocycles. The fourth-order valence-corrected chi connectivity index (χ4v) is 5.68. The van der Waals surface area contributed by atoms with Crippen LogP contribution >= 0.6 is 0 Å². The van der Waals surface area contributed by atoms with E-state index in [-0.39, 0.29) is 6.10 Å². The van der Waals surface area contributed by atoms with Gasteiger partial charge in [-0.1, -0.05) is 17.3 Å². The van der Waals surface area contributed by atoms with Crippen molar-refractivity contribution in [3.8, 4) is 0 Å². The van der Waals surface area contributed by atoms with E-state index in [0.717, 1.165) is 55.3 Å².